The molecule has 0 aliphatic rings. The van der Waals surface area contributed by atoms with Crippen molar-refractivity contribution in [1.82, 2.24) is 0 Å². The number of hydrogen-bond donors (Lipinski definition) is 0. The van der Waals surface area contributed by atoms with Crippen molar-refractivity contribution in [2.45, 2.75) is 5.92 Å². The highest BCUT2D eigenvalue weighted by Crippen LogP contribution is 2.17. The Morgan fingerprint density at radius 3 is 2.64 bits per heavy atom. The summed E-state index contributed by atoms with van der Waals surface area (Å²) in [5.74, 6) is -0.234. The molecule has 1 atom stereocenters. The van der Waals surface area contributed by atoms with Gasteiger partial charge in [0.1, 0.15) is 5.92 Å². The van der Waals surface area contributed by atoms with E-state index < -0.39 is 5.92 Å². The fourth-order valence-electron chi connectivity index (χ4n) is 1.20. The molecule has 0 aliphatic heterocycles. The molecule has 0 aliphatic carbocycles. The monoisotopic (exact) mass is 205 g/mol. The Morgan fingerprint density at radius 1 is 1.50 bits per heavy atom. The van der Waals surface area contributed by atoms with Crippen LogP contribution >= 0.6 is 11.8 Å². The average Bonchev–Trinajstić information content (AvgIpc) is 2.21. The number of benzene rings is 1. The maximum absolute atomic E-state index is 11.5. The summed E-state index contributed by atoms with van der Waals surface area (Å²) >= 11 is 1.45. The number of hydrogen-bond acceptors (Lipinski definition) is 3. The molecular formula is C11H11NOS. The van der Waals surface area contributed by atoms with Crippen molar-refractivity contribution in [3.05, 3.63) is 35.9 Å². The van der Waals surface area contributed by atoms with Gasteiger partial charge in [-0.1, -0.05) is 30.3 Å². The van der Waals surface area contributed by atoms with E-state index >= 15 is 0 Å². The lowest BCUT2D eigenvalue weighted by molar-refractivity contribution is -0.116. The number of thioether (sulfide) groups is 1. The molecule has 0 heterocycles. The zero-order valence-electron chi connectivity index (χ0n) is 7.93. The van der Waals surface area contributed by atoms with Crippen LogP contribution in [0.5, 0.6) is 0 Å². The number of Topliss-reactive ketones (excluding diaryl/α,β-unsaturated/α-hetero) is 1. The fourth-order valence-corrected chi connectivity index (χ4v) is 1.65. The minimum Gasteiger partial charge on any atom is -0.297 e. The molecule has 0 N–H and O–H groups in total. The minimum atomic E-state index is -0.608. The summed E-state index contributed by atoms with van der Waals surface area (Å²) in [6.45, 7) is 0. The molecule has 0 fully saturated rings. The number of carbonyl (C=O) groups is 1. The van der Waals surface area contributed by atoms with E-state index in [0.717, 1.165) is 5.56 Å². The molecule has 14 heavy (non-hydrogen) atoms. The molecule has 2 nitrogen and oxygen atoms in total. The van der Waals surface area contributed by atoms with E-state index in [1.807, 2.05) is 42.7 Å². The Bertz CT molecular complexity index is 342. The Hall–Kier alpha value is -1.27. The minimum absolute atomic E-state index is 0.0220. The predicted molar refractivity (Wildman–Crippen MR) is 58.2 cm³/mol. The average molecular weight is 205 g/mol. The maximum Gasteiger partial charge on any atom is 0.164 e. The molecule has 0 amide bonds. The van der Waals surface area contributed by atoms with Gasteiger partial charge in [-0.2, -0.15) is 17.0 Å². The maximum atomic E-state index is 11.5. The van der Waals surface area contributed by atoms with Crippen molar-refractivity contribution in [3.63, 3.8) is 0 Å². The molecule has 3 heteroatoms. The number of carbonyl (C=O) groups excluding carboxylic acids is 1. The first-order valence-corrected chi connectivity index (χ1v) is 5.65. The number of nitriles is 1. The summed E-state index contributed by atoms with van der Waals surface area (Å²) in [5, 5.41) is 8.90. The van der Waals surface area contributed by atoms with Crippen molar-refractivity contribution in [3.8, 4) is 6.07 Å². The van der Waals surface area contributed by atoms with Gasteiger partial charge in [0, 0.05) is 0 Å². The molecule has 1 aromatic carbocycles. The Kier molecular flexibility index (Phi) is 4.21. The lowest BCUT2D eigenvalue weighted by atomic mass is 9.97. The molecular weight excluding hydrogens is 194 g/mol. The second kappa shape index (κ2) is 5.46. The Morgan fingerprint density at radius 2 is 2.14 bits per heavy atom. The quantitative estimate of drug-likeness (QED) is 0.756. The highest BCUT2D eigenvalue weighted by molar-refractivity contribution is 7.99. The van der Waals surface area contributed by atoms with Crippen LogP contribution in [0.15, 0.2) is 30.3 Å². The van der Waals surface area contributed by atoms with Gasteiger partial charge in [0.05, 0.1) is 11.8 Å². The number of ketones is 1. The Balaban J connectivity index is 2.84. The van der Waals surface area contributed by atoms with Crippen molar-refractivity contribution in [2.24, 2.45) is 0 Å². The van der Waals surface area contributed by atoms with Crippen LogP contribution in [-0.2, 0) is 4.79 Å². The first-order valence-electron chi connectivity index (χ1n) is 4.25. The summed E-state index contributed by atoms with van der Waals surface area (Å²) in [4.78, 5) is 11.5. The molecule has 0 radical (unpaired) electrons. The van der Waals surface area contributed by atoms with E-state index in [1.54, 1.807) is 0 Å². The van der Waals surface area contributed by atoms with Crippen LogP contribution in [0.4, 0.5) is 0 Å². The topological polar surface area (TPSA) is 40.9 Å². The van der Waals surface area contributed by atoms with E-state index in [2.05, 4.69) is 0 Å². The molecule has 0 spiro atoms. The van der Waals surface area contributed by atoms with Crippen LogP contribution in [0, 0.1) is 11.3 Å². The van der Waals surface area contributed by atoms with Gasteiger partial charge in [0.15, 0.2) is 5.78 Å². The second-order valence-corrected chi connectivity index (χ2v) is 3.74. The normalized spacial score (nSPS) is 11.7. The van der Waals surface area contributed by atoms with Crippen LogP contribution in [0.25, 0.3) is 0 Å². The van der Waals surface area contributed by atoms with Gasteiger partial charge >= 0.3 is 0 Å². The zero-order chi connectivity index (χ0) is 10.4. The van der Waals surface area contributed by atoms with Gasteiger partial charge in [-0.25, -0.2) is 0 Å². The molecule has 0 saturated carbocycles. The highest BCUT2D eigenvalue weighted by Gasteiger charge is 2.18. The van der Waals surface area contributed by atoms with Crippen molar-refractivity contribution < 1.29 is 4.79 Å². The van der Waals surface area contributed by atoms with Gasteiger partial charge in [-0.3, -0.25) is 4.79 Å². The van der Waals surface area contributed by atoms with Crippen LogP contribution in [0.3, 0.4) is 0 Å². The van der Waals surface area contributed by atoms with Crippen LogP contribution < -0.4 is 0 Å². The molecule has 1 unspecified atom stereocenters. The van der Waals surface area contributed by atoms with E-state index in [4.69, 9.17) is 5.26 Å². The molecule has 1 aromatic rings. The zero-order valence-corrected chi connectivity index (χ0v) is 8.75. The van der Waals surface area contributed by atoms with E-state index in [9.17, 15) is 4.79 Å². The van der Waals surface area contributed by atoms with Crippen molar-refractivity contribution in [1.29, 1.82) is 5.26 Å². The lowest BCUT2D eigenvalue weighted by Crippen LogP contribution is -2.12. The van der Waals surface area contributed by atoms with E-state index in [-0.39, 0.29) is 5.78 Å². The number of rotatable bonds is 4. The van der Waals surface area contributed by atoms with E-state index in [0.29, 0.717) is 5.75 Å². The van der Waals surface area contributed by atoms with Crippen LogP contribution in [0.1, 0.15) is 11.5 Å². The molecule has 0 bridgehead atoms. The summed E-state index contributed by atoms with van der Waals surface area (Å²) in [5.41, 5.74) is 0.786. The smallest absolute Gasteiger partial charge is 0.164 e. The van der Waals surface area contributed by atoms with Gasteiger partial charge in [-0.05, 0) is 11.8 Å². The van der Waals surface area contributed by atoms with Crippen LogP contribution in [0.2, 0.25) is 0 Å². The van der Waals surface area contributed by atoms with Gasteiger partial charge in [0.2, 0.25) is 0 Å². The molecule has 0 saturated heterocycles. The van der Waals surface area contributed by atoms with Gasteiger partial charge in [0.25, 0.3) is 0 Å². The molecule has 72 valence electrons. The highest BCUT2D eigenvalue weighted by atomic mass is 32.2. The molecule has 1 rings (SSSR count). The lowest BCUT2D eigenvalue weighted by Gasteiger charge is -2.06. The van der Waals surface area contributed by atoms with Gasteiger partial charge in [-0.15, -0.1) is 0 Å². The van der Waals surface area contributed by atoms with Crippen molar-refractivity contribution in [2.75, 3.05) is 12.0 Å². The SMILES string of the molecule is CSCC(=O)C(C#N)c1ccccc1. The first kappa shape index (κ1) is 10.8. The third-order valence-corrected chi connectivity index (χ3v) is 2.44. The first-order chi connectivity index (χ1) is 6.79. The standard InChI is InChI=1S/C11H11NOS/c1-14-8-11(13)10(7-12)9-5-3-2-4-6-9/h2-6,10H,8H2,1H3. The largest absolute Gasteiger partial charge is 0.297 e. The third kappa shape index (κ3) is 2.61. The summed E-state index contributed by atoms with van der Waals surface area (Å²) < 4.78 is 0. The van der Waals surface area contributed by atoms with Crippen molar-refractivity contribution >= 4 is 17.5 Å². The Labute approximate surface area is 87.9 Å². The summed E-state index contributed by atoms with van der Waals surface area (Å²) in [6.07, 6.45) is 1.86. The summed E-state index contributed by atoms with van der Waals surface area (Å²) in [6, 6.07) is 11.2. The summed E-state index contributed by atoms with van der Waals surface area (Å²) in [7, 11) is 0. The third-order valence-electron chi connectivity index (χ3n) is 1.87. The molecule has 0 aromatic heterocycles. The number of nitrogens with zero attached hydrogens (tertiary/aromatic N) is 1. The predicted octanol–water partition coefficient (Wildman–Crippen LogP) is 2.23. The van der Waals surface area contributed by atoms with Crippen LogP contribution in [-0.4, -0.2) is 17.8 Å². The fraction of sp³-hybridized carbons (Fsp3) is 0.273. The second-order valence-electron chi connectivity index (χ2n) is 2.87. The van der Waals surface area contributed by atoms with E-state index in [1.165, 1.54) is 11.8 Å². The van der Waals surface area contributed by atoms with Gasteiger partial charge < -0.3 is 0 Å².